The molecule has 1 aliphatic heterocycles. The average molecular weight is 349 g/mol. The van der Waals surface area contributed by atoms with Gasteiger partial charge in [0.2, 0.25) is 0 Å². The van der Waals surface area contributed by atoms with E-state index in [4.69, 9.17) is 16.3 Å². The summed E-state index contributed by atoms with van der Waals surface area (Å²) in [6.07, 6.45) is 1.65. The van der Waals surface area contributed by atoms with Gasteiger partial charge in [-0.1, -0.05) is 11.6 Å². The third-order valence-corrected chi connectivity index (χ3v) is 4.57. The fraction of sp³-hybridized carbons (Fsp3) is 0.412. The lowest BCUT2D eigenvalue weighted by molar-refractivity contribution is 0.0617. The molecule has 0 N–H and O–H groups in total. The fourth-order valence-corrected chi connectivity index (χ4v) is 3.16. The highest BCUT2D eigenvalue weighted by molar-refractivity contribution is 6.30. The van der Waals surface area contributed by atoms with Crippen molar-refractivity contribution in [3.63, 3.8) is 0 Å². The van der Waals surface area contributed by atoms with E-state index in [-0.39, 0.29) is 5.91 Å². The maximum Gasteiger partial charge on any atom is 0.272 e. The number of amides is 1. The molecule has 7 heteroatoms. The Bertz CT molecular complexity index is 723. The van der Waals surface area contributed by atoms with Crippen LogP contribution in [0.1, 0.15) is 16.1 Å². The lowest BCUT2D eigenvalue weighted by Crippen LogP contribution is -2.48. The number of benzene rings is 1. The van der Waals surface area contributed by atoms with E-state index in [0.29, 0.717) is 23.8 Å². The van der Waals surface area contributed by atoms with Gasteiger partial charge in [-0.3, -0.25) is 14.4 Å². The quantitative estimate of drug-likeness (QED) is 0.848. The van der Waals surface area contributed by atoms with Crippen molar-refractivity contribution in [1.82, 2.24) is 19.6 Å². The maximum atomic E-state index is 12.5. The van der Waals surface area contributed by atoms with Crippen LogP contribution in [-0.4, -0.2) is 58.8 Å². The van der Waals surface area contributed by atoms with Gasteiger partial charge in [-0.25, -0.2) is 0 Å². The van der Waals surface area contributed by atoms with Crippen LogP contribution in [0.25, 0.3) is 0 Å². The summed E-state index contributed by atoms with van der Waals surface area (Å²) in [5.74, 6) is 0.878. The molecule has 3 rings (SSSR count). The standard InChI is InChI=1S/C17H21ClN4O2/c1-20-15(5-6-19-20)17(23)22-9-7-21(8-10-22)12-13-11-14(18)3-4-16(13)24-2/h3-6,11H,7-10,12H2,1-2H3. The summed E-state index contributed by atoms with van der Waals surface area (Å²) in [7, 11) is 3.45. The molecular weight excluding hydrogens is 328 g/mol. The maximum absolute atomic E-state index is 12.5. The number of halogens is 1. The first kappa shape index (κ1) is 16.8. The molecule has 1 saturated heterocycles. The fourth-order valence-electron chi connectivity index (χ4n) is 2.97. The zero-order chi connectivity index (χ0) is 17.1. The minimum Gasteiger partial charge on any atom is -0.496 e. The molecule has 24 heavy (non-hydrogen) atoms. The van der Waals surface area contributed by atoms with Gasteiger partial charge in [0.25, 0.3) is 5.91 Å². The molecule has 0 unspecified atom stereocenters. The molecule has 6 nitrogen and oxygen atoms in total. The molecule has 1 amide bonds. The summed E-state index contributed by atoms with van der Waals surface area (Å²) in [6.45, 7) is 3.80. The molecule has 0 saturated carbocycles. The molecule has 0 spiro atoms. The lowest BCUT2D eigenvalue weighted by Gasteiger charge is -2.34. The number of ether oxygens (including phenoxy) is 1. The van der Waals surface area contributed by atoms with Crippen LogP contribution >= 0.6 is 11.6 Å². The predicted octanol–water partition coefficient (Wildman–Crippen LogP) is 2.04. The normalized spacial score (nSPS) is 15.5. The molecular formula is C17H21ClN4O2. The van der Waals surface area contributed by atoms with E-state index in [0.717, 1.165) is 30.9 Å². The minimum atomic E-state index is 0.0370. The predicted molar refractivity (Wildman–Crippen MR) is 92.4 cm³/mol. The molecule has 1 aromatic heterocycles. The van der Waals surface area contributed by atoms with Gasteiger partial charge in [-0.15, -0.1) is 0 Å². The van der Waals surface area contributed by atoms with Crippen LogP contribution in [0.3, 0.4) is 0 Å². The Hall–Kier alpha value is -2.05. The van der Waals surface area contributed by atoms with Crippen LogP contribution in [0.2, 0.25) is 5.02 Å². The number of piperazine rings is 1. The highest BCUT2D eigenvalue weighted by Crippen LogP contribution is 2.24. The Kier molecular flexibility index (Phi) is 5.06. The van der Waals surface area contributed by atoms with Gasteiger partial charge < -0.3 is 9.64 Å². The summed E-state index contributed by atoms with van der Waals surface area (Å²) in [5, 5.41) is 4.77. The Balaban J connectivity index is 1.61. The lowest BCUT2D eigenvalue weighted by atomic mass is 10.1. The zero-order valence-electron chi connectivity index (χ0n) is 13.9. The summed E-state index contributed by atoms with van der Waals surface area (Å²) in [5.41, 5.74) is 1.69. The number of rotatable bonds is 4. The van der Waals surface area contributed by atoms with Gasteiger partial charge in [0, 0.05) is 56.6 Å². The molecule has 1 fully saturated rings. The Labute approximate surface area is 146 Å². The van der Waals surface area contributed by atoms with Gasteiger partial charge in [-0.05, 0) is 24.3 Å². The van der Waals surface area contributed by atoms with Crippen molar-refractivity contribution < 1.29 is 9.53 Å². The summed E-state index contributed by atoms with van der Waals surface area (Å²) >= 11 is 6.09. The van der Waals surface area contributed by atoms with Crippen molar-refractivity contribution in [2.75, 3.05) is 33.3 Å². The van der Waals surface area contributed by atoms with E-state index < -0.39 is 0 Å². The van der Waals surface area contributed by atoms with Crippen LogP contribution < -0.4 is 4.74 Å². The molecule has 0 aliphatic carbocycles. The molecule has 2 aromatic rings. The number of hydrogen-bond acceptors (Lipinski definition) is 4. The van der Waals surface area contributed by atoms with Gasteiger partial charge in [0.15, 0.2) is 0 Å². The van der Waals surface area contributed by atoms with E-state index in [2.05, 4.69) is 10.00 Å². The molecule has 128 valence electrons. The molecule has 2 heterocycles. The van der Waals surface area contributed by atoms with Crippen LogP contribution in [-0.2, 0) is 13.6 Å². The Morgan fingerprint density at radius 1 is 1.25 bits per heavy atom. The average Bonchev–Trinajstić information content (AvgIpc) is 3.01. The van der Waals surface area contributed by atoms with Gasteiger partial charge >= 0.3 is 0 Å². The highest BCUT2D eigenvalue weighted by atomic mass is 35.5. The topological polar surface area (TPSA) is 50.6 Å². The summed E-state index contributed by atoms with van der Waals surface area (Å²) in [4.78, 5) is 16.7. The number of carbonyl (C=O) groups is 1. The van der Waals surface area contributed by atoms with Crippen LogP contribution in [0.4, 0.5) is 0 Å². The number of carbonyl (C=O) groups excluding carboxylic acids is 1. The molecule has 0 bridgehead atoms. The first-order valence-corrected chi connectivity index (χ1v) is 8.28. The van der Waals surface area contributed by atoms with E-state index in [1.54, 1.807) is 31.1 Å². The van der Waals surface area contributed by atoms with Crippen molar-refractivity contribution in [3.05, 3.63) is 46.7 Å². The number of aryl methyl sites for hydroxylation is 1. The third-order valence-electron chi connectivity index (χ3n) is 4.34. The molecule has 1 aromatic carbocycles. The highest BCUT2D eigenvalue weighted by Gasteiger charge is 2.24. The monoisotopic (exact) mass is 348 g/mol. The third kappa shape index (κ3) is 3.55. The second kappa shape index (κ2) is 7.23. The van der Waals surface area contributed by atoms with Crippen molar-refractivity contribution in [1.29, 1.82) is 0 Å². The second-order valence-corrected chi connectivity index (χ2v) is 6.30. The second-order valence-electron chi connectivity index (χ2n) is 5.86. The Morgan fingerprint density at radius 3 is 2.62 bits per heavy atom. The van der Waals surface area contributed by atoms with Crippen LogP contribution in [0.5, 0.6) is 5.75 Å². The molecule has 0 radical (unpaired) electrons. The van der Waals surface area contributed by atoms with E-state index >= 15 is 0 Å². The number of methoxy groups -OCH3 is 1. The number of hydrogen-bond donors (Lipinski definition) is 0. The molecule has 0 atom stereocenters. The SMILES string of the molecule is COc1ccc(Cl)cc1CN1CCN(C(=O)c2ccnn2C)CC1. The van der Waals surface area contributed by atoms with E-state index in [1.807, 2.05) is 23.1 Å². The van der Waals surface area contributed by atoms with E-state index in [1.165, 1.54) is 0 Å². The summed E-state index contributed by atoms with van der Waals surface area (Å²) < 4.78 is 7.02. The largest absolute Gasteiger partial charge is 0.496 e. The van der Waals surface area contributed by atoms with Crippen LogP contribution in [0.15, 0.2) is 30.5 Å². The minimum absolute atomic E-state index is 0.0370. The number of nitrogens with zero attached hydrogens (tertiary/aromatic N) is 4. The first-order chi connectivity index (χ1) is 11.6. The first-order valence-electron chi connectivity index (χ1n) is 7.90. The molecule has 1 aliphatic rings. The summed E-state index contributed by atoms with van der Waals surface area (Å²) in [6, 6.07) is 7.41. The van der Waals surface area contributed by atoms with Crippen molar-refractivity contribution >= 4 is 17.5 Å². The van der Waals surface area contributed by atoms with Crippen molar-refractivity contribution in [2.24, 2.45) is 7.05 Å². The zero-order valence-corrected chi connectivity index (χ0v) is 14.7. The smallest absolute Gasteiger partial charge is 0.272 e. The van der Waals surface area contributed by atoms with Gasteiger partial charge in [0.1, 0.15) is 11.4 Å². The van der Waals surface area contributed by atoms with Crippen molar-refractivity contribution in [3.8, 4) is 5.75 Å². The van der Waals surface area contributed by atoms with Crippen LogP contribution in [0, 0.1) is 0 Å². The van der Waals surface area contributed by atoms with Crippen molar-refractivity contribution in [2.45, 2.75) is 6.54 Å². The van der Waals surface area contributed by atoms with E-state index in [9.17, 15) is 4.79 Å². The Morgan fingerprint density at radius 2 is 2.00 bits per heavy atom. The van der Waals surface area contributed by atoms with Gasteiger partial charge in [0.05, 0.1) is 7.11 Å². The number of aromatic nitrogens is 2. The van der Waals surface area contributed by atoms with Gasteiger partial charge in [-0.2, -0.15) is 5.10 Å².